The van der Waals surface area contributed by atoms with Crippen molar-refractivity contribution in [3.8, 4) is 0 Å². The molecule has 0 aromatic rings. The summed E-state index contributed by atoms with van der Waals surface area (Å²) in [5.41, 5.74) is -0.505. The molecule has 0 saturated heterocycles. The lowest BCUT2D eigenvalue weighted by Crippen LogP contribution is -2.49. The van der Waals surface area contributed by atoms with Crippen LogP contribution in [0.2, 0.25) is 0 Å². The van der Waals surface area contributed by atoms with Crippen LogP contribution in [0.4, 0.5) is 0 Å². The van der Waals surface area contributed by atoms with Gasteiger partial charge in [0.1, 0.15) is 0 Å². The molecule has 15 heavy (non-hydrogen) atoms. The van der Waals surface area contributed by atoms with E-state index in [1.807, 2.05) is 6.92 Å². The van der Waals surface area contributed by atoms with Gasteiger partial charge in [-0.25, -0.2) is 0 Å². The minimum absolute atomic E-state index is 0.121. The van der Waals surface area contributed by atoms with E-state index in [4.69, 9.17) is 0 Å². The van der Waals surface area contributed by atoms with Gasteiger partial charge in [0.25, 0.3) is 0 Å². The van der Waals surface area contributed by atoms with E-state index in [1.54, 1.807) is 19.0 Å². The number of nitrogens with zero attached hydrogens (tertiary/aromatic N) is 1. The minimum Gasteiger partial charge on any atom is -0.389 e. The van der Waals surface area contributed by atoms with Gasteiger partial charge in [0.2, 0.25) is 5.91 Å². The van der Waals surface area contributed by atoms with E-state index in [0.29, 0.717) is 13.0 Å². The van der Waals surface area contributed by atoms with Gasteiger partial charge in [0.15, 0.2) is 0 Å². The van der Waals surface area contributed by atoms with Crippen molar-refractivity contribution >= 4 is 5.91 Å². The molecule has 1 atom stereocenters. The van der Waals surface area contributed by atoms with Crippen molar-refractivity contribution in [2.45, 2.75) is 44.2 Å². The minimum atomic E-state index is -0.505. The molecule has 0 radical (unpaired) electrons. The van der Waals surface area contributed by atoms with Gasteiger partial charge in [-0.1, -0.05) is 0 Å². The zero-order valence-corrected chi connectivity index (χ0v) is 9.92. The third kappa shape index (κ3) is 3.80. The van der Waals surface area contributed by atoms with Gasteiger partial charge in [-0.2, -0.15) is 0 Å². The Hall–Kier alpha value is -0.610. The fourth-order valence-corrected chi connectivity index (χ4v) is 1.64. The Kier molecular flexibility index (Phi) is 4.11. The number of hydrogen-bond acceptors (Lipinski definition) is 3. The monoisotopic (exact) mass is 214 g/mol. The van der Waals surface area contributed by atoms with Crippen LogP contribution in [0.3, 0.4) is 0 Å². The molecule has 1 aliphatic rings. The van der Waals surface area contributed by atoms with Crippen LogP contribution in [-0.2, 0) is 4.79 Å². The highest BCUT2D eigenvalue weighted by atomic mass is 16.3. The third-order valence-electron chi connectivity index (χ3n) is 3.04. The van der Waals surface area contributed by atoms with Gasteiger partial charge < -0.3 is 15.3 Å². The number of nitrogens with one attached hydrogen (secondary N) is 1. The molecule has 0 aromatic carbocycles. The summed E-state index contributed by atoms with van der Waals surface area (Å²) in [6.45, 7) is 2.58. The number of carbonyl (C=O) groups is 1. The van der Waals surface area contributed by atoms with Crippen LogP contribution in [0.1, 0.15) is 32.6 Å². The van der Waals surface area contributed by atoms with Gasteiger partial charge >= 0.3 is 0 Å². The second kappa shape index (κ2) is 4.94. The van der Waals surface area contributed by atoms with E-state index in [9.17, 15) is 9.90 Å². The van der Waals surface area contributed by atoms with Gasteiger partial charge in [0.05, 0.1) is 5.60 Å². The Bertz CT molecular complexity index is 225. The molecule has 4 nitrogen and oxygen atoms in total. The molecule has 88 valence electrons. The molecular formula is C11H22N2O2. The van der Waals surface area contributed by atoms with Crippen molar-refractivity contribution in [1.29, 1.82) is 0 Å². The zero-order chi connectivity index (χ0) is 11.5. The predicted octanol–water partition coefficient (Wildman–Crippen LogP) is 0.358. The first-order valence-corrected chi connectivity index (χ1v) is 5.59. The molecular weight excluding hydrogens is 192 g/mol. The molecule has 0 heterocycles. The van der Waals surface area contributed by atoms with Crippen molar-refractivity contribution in [1.82, 2.24) is 10.2 Å². The number of carbonyl (C=O) groups excluding carboxylic acids is 1. The average Bonchev–Trinajstić information content (AvgIpc) is 2.11. The Morgan fingerprint density at radius 2 is 2.13 bits per heavy atom. The summed E-state index contributed by atoms with van der Waals surface area (Å²) in [7, 11) is 3.52. The summed E-state index contributed by atoms with van der Waals surface area (Å²) in [4.78, 5) is 13.0. The number of amides is 1. The van der Waals surface area contributed by atoms with Crippen LogP contribution in [0, 0.1) is 0 Å². The highest BCUT2D eigenvalue weighted by Gasteiger charge is 2.34. The molecule has 1 fully saturated rings. The Balaban J connectivity index is 2.18. The van der Waals surface area contributed by atoms with E-state index in [-0.39, 0.29) is 11.9 Å². The zero-order valence-electron chi connectivity index (χ0n) is 9.92. The van der Waals surface area contributed by atoms with E-state index in [0.717, 1.165) is 19.3 Å². The Morgan fingerprint density at radius 3 is 2.53 bits per heavy atom. The molecule has 1 saturated carbocycles. The van der Waals surface area contributed by atoms with Gasteiger partial charge in [-0.3, -0.25) is 4.79 Å². The van der Waals surface area contributed by atoms with E-state index < -0.39 is 5.60 Å². The fourth-order valence-electron chi connectivity index (χ4n) is 1.64. The number of rotatable bonds is 5. The highest BCUT2D eigenvalue weighted by molar-refractivity contribution is 5.76. The summed E-state index contributed by atoms with van der Waals surface area (Å²) in [6, 6.07) is 0.129. The third-order valence-corrected chi connectivity index (χ3v) is 3.04. The normalized spacial score (nSPS) is 20.5. The van der Waals surface area contributed by atoms with E-state index in [2.05, 4.69) is 5.32 Å². The first-order chi connectivity index (χ1) is 6.93. The Labute approximate surface area is 91.6 Å². The van der Waals surface area contributed by atoms with Crippen molar-refractivity contribution in [2.75, 3.05) is 20.6 Å². The largest absolute Gasteiger partial charge is 0.389 e. The van der Waals surface area contributed by atoms with Crippen molar-refractivity contribution in [3.05, 3.63) is 0 Å². The van der Waals surface area contributed by atoms with Crippen LogP contribution >= 0.6 is 0 Å². The predicted molar refractivity (Wildman–Crippen MR) is 59.6 cm³/mol. The molecule has 0 bridgehead atoms. The van der Waals surface area contributed by atoms with Crippen molar-refractivity contribution < 1.29 is 9.90 Å². The number of aliphatic hydroxyl groups is 1. The maximum atomic E-state index is 11.4. The molecule has 0 aromatic heterocycles. The highest BCUT2D eigenvalue weighted by Crippen LogP contribution is 2.30. The maximum Gasteiger partial charge on any atom is 0.223 e. The Morgan fingerprint density at radius 1 is 1.53 bits per heavy atom. The second-order valence-electron chi connectivity index (χ2n) is 4.85. The van der Waals surface area contributed by atoms with E-state index >= 15 is 0 Å². The number of hydrogen-bond donors (Lipinski definition) is 2. The first-order valence-electron chi connectivity index (χ1n) is 5.59. The lowest BCUT2D eigenvalue weighted by molar-refractivity contribution is -0.129. The average molecular weight is 214 g/mol. The summed E-state index contributed by atoms with van der Waals surface area (Å²) in [5.74, 6) is 0.121. The molecule has 0 aliphatic heterocycles. The van der Waals surface area contributed by atoms with Crippen LogP contribution in [0.5, 0.6) is 0 Å². The molecule has 0 spiro atoms. The van der Waals surface area contributed by atoms with Crippen LogP contribution in [0.25, 0.3) is 0 Å². The quantitative estimate of drug-likeness (QED) is 0.694. The van der Waals surface area contributed by atoms with Crippen LogP contribution in [0.15, 0.2) is 0 Å². The molecule has 1 unspecified atom stereocenters. The standard InChI is InChI=1S/C11H22N2O2/c1-9(7-10(14)13(2)3)12-8-11(15)5-4-6-11/h9,12,15H,4-8H2,1-3H3. The lowest BCUT2D eigenvalue weighted by Gasteiger charge is -2.37. The molecule has 4 heteroatoms. The molecule has 1 rings (SSSR count). The summed E-state index contributed by atoms with van der Waals surface area (Å²) in [5, 5.41) is 13.1. The molecule has 1 amide bonds. The van der Waals surface area contributed by atoms with Gasteiger partial charge in [-0.05, 0) is 26.2 Å². The summed E-state index contributed by atoms with van der Waals surface area (Å²) >= 11 is 0. The maximum absolute atomic E-state index is 11.4. The fraction of sp³-hybridized carbons (Fsp3) is 0.909. The second-order valence-corrected chi connectivity index (χ2v) is 4.85. The van der Waals surface area contributed by atoms with Crippen molar-refractivity contribution in [3.63, 3.8) is 0 Å². The van der Waals surface area contributed by atoms with Gasteiger partial charge in [0, 0.05) is 33.1 Å². The molecule has 1 aliphatic carbocycles. The van der Waals surface area contributed by atoms with Crippen LogP contribution < -0.4 is 5.32 Å². The van der Waals surface area contributed by atoms with Crippen molar-refractivity contribution in [2.24, 2.45) is 0 Å². The smallest absolute Gasteiger partial charge is 0.223 e. The molecule has 2 N–H and O–H groups in total. The SMILES string of the molecule is CC(CC(=O)N(C)C)NCC1(O)CCC1. The van der Waals surface area contributed by atoms with E-state index in [1.165, 1.54) is 0 Å². The topological polar surface area (TPSA) is 52.6 Å². The van der Waals surface area contributed by atoms with Gasteiger partial charge in [-0.15, -0.1) is 0 Å². The summed E-state index contributed by atoms with van der Waals surface area (Å²) in [6.07, 6.45) is 3.37. The first kappa shape index (κ1) is 12.5. The van der Waals surface area contributed by atoms with Crippen LogP contribution in [-0.4, -0.2) is 48.2 Å². The lowest BCUT2D eigenvalue weighted by atomic mass is 9.80. The summed E-state index contributed by atoms with van der Waals surface area (Å²) < 4.78 is 0.